The molecule has 3 heterocycles. The molecule has 0 aliphatic carbocycles. The molecular formula is C42H48BrN3O7. The molecule has 0 aromatic heterocycles. The van der Waals surface area contributed by atoms with Crippen molar-refractivity contribution < 1.29 is 33.8 Å². The third-order valence-corrected chi connectivity index (χ3v) is 11.6. The summed E-state index contributed by atoms with van der Waals surface area (Å²) in [6.07, 6.45) is 6.52. The van der Waals surface area contributed by atoms with Crippen LogP contribution in [0.1, 0.15) is 56.6 Å². The molecule has 3 aromatic carbocycles. The van der Waals surface area contributed by atoms with Crippen molar-refractivity contribution in [2.24, 2.45) is 11.8 Å². The smallest absolute Gasteiger partial charge is 0.306 e. The Kier molecular flexibility index (Phi) is 12.5. The minimum Gasteiger partial charge on any atom is -0.463 e. The van der Waals surface area contributed by atoms with Crippen LogP contribution >= 0.6 is 15.9 Å². The molecule has 3 saturated heterocycles. The molecule has 0 radical (unpaired) electrons. The predicted molar refractivity (Wildman–Crippen MR) is 207 cm³/mol. The van der Waals surface area contributed by atoms with Crippen LogP contribution in [0.3, 0.4) is 0 Å². The van der Waals surface area contributed by atoms with Gasteiger partial charge >= 0.3 is 5.97 Å². The Morgan fingerprint density at radius 2 is 1.75 bits per heavy atom. The van der Waals surface area contributed by atoms with Gasteiger partial charge in [-0.15, -0.1) is 13.2 Å². The molecule has 3 fully saturated rings. The van der Waals surface area contributed by atoms with Crippen LogP contribution in [0.2, 0.25) is 0 Å². The van der Waals surface area contributed by atoms with Gasteiger partial charge in [0, 0.05) is 36.6 Å². The highest BCUT2D eigenvalue weighted by Crippen LogP contribution is 2.60. The van der Waals surface area contributed by atoms with Gasteiger partial charge in [-0.2, -0.15) is 0 Å². The zero-order valence-electron chi connectivity index (χ0n) is 29.9. The minimum absolute atomic E-state index is 0.0885. The highest BCUT2D eigenvalue weighted by molar-refractivity contribution is 9.09. The van der Waals surface area contributed by atoms with E-state index in [4.69, 9.17) is 9.47 Å². The maximum Gasteiger partial charge on any atom is 0.306 e. The molecule has 3 amide bonds. The van der Waals surface area contributed by atoms with E-state index >= 15 is 4.79 Å². The highest BCUT2D eigenvalue weighted by Gasteiger charge is 2.76. The van der Waals surface area contributed by atoms with Gasteiger partial charge in [-0.05, 0) is 54.2 Å². The van der Waals surface area contributed by atoms with Gasteiger partial charge in [0.25, 0.3) is 5.91 Å². The van der Waals surface area contributed by atoms with E-state index in [1.165, 1.54) is 0 Å². The summed E-state index contributed by atoms with van der Waals surface area (Å²) in [6, 6.07) is 21.4. The quantitative estimate of drug-likeness (QED) is 0.0699. The lowest BCUT2D eigenvalue weighted by atomic mass is 9.70. The largest absolute Gasteiger partial charge is 0.463 e. The van der Waals surface area contributed by atoms with Crippen LogP contribution in [0.25, 0.3) is 10.8 Å². The van der Waals surface area contributed by atoms with E-state index in [0.29, 0.717) is 37.9 Å². The minimum atomic E-state index is -1.25. The summed E-state index contributed by atoms with van der Waals surface area (Å²) in [5.41, 5.74) is 0.169. The number of anilines is 1. The molecule has 1 unspecified atom stereocenters. The lowest BCUT2D eigenvalue weighted by Crippen LogP contribution is -2.57. The lowest BCUT2D eigenvalue weighted by molar-refractivity contribution is -0.145. The van der Waals surface area contributed by atoms with Gasteiger partial charge in [-0.25, -0.2) is 0 Å². The number of alkyl halides is 1. The Morgan fingerprint density at radius 3 is 2.49 bits per heavy atom. The molecule has 1 spiro atoms. The predicted octanol–water partition coefficient (Wildman–Crippen LogP) is 6.03. The molecule has 6 rings (SSSR count). The van der Waals surface area contributed by atoms with Gasteiger partial charge < -0.3 is 29.7 Å². The van der Waals surface area contributed by atoms with Crippen molar-refractivity contribution in [2.75, 3.05) is 31.2 Å². The fourth-order valence-electron chi connectivity index (χ4n) is 8.28. The summed E-state index contributed by atoms with van der Waals surface area (Å²) in [7, 11) is 0. The van der Waals surface area contributed by atoms with E-state index in [1.807, 2.05) is 72.8 Å². The van der Waals surface area contributed by atoms with Crippen molar-refractivity contribution >= 4 is 56.1 Å². The number of nitrogens with zero attached hydrogens (tertiary/aromatic N) is 2. The number of hydrogen-bond donors (Lipinski definition) is 2. The number of ether oxygens (including phenoxy) is 2. The maximum absolute atomic E-state index is 15.1. The molecule has 11 heteroatoms. The number of likely N-dealkylation sites (tertiary alicyclic amines) is 1. The molecule has 53 heavy (non-hydrogen) atoms. The normalized spacial score (nSPS) is 24.8. The van der Waals surface area contributed by atoms with Crippen molar-refractivity contribution in [3.8, 4) is 0 Å². The third kappa shape index (κ3) is 7.84. The molecule has 7 atom stereocenters. The Labute approximate surface area is 319 Å². The SMILES string of the molecule is C=CCCC(=O)OC[C@@H](NC(=O)[C@@H]1[C@H]2O[C@@]3(CC2Br)[C@H](C(=O)N(CC=C)c2ccc4ccccc4c2)N(CCCCCCO)C(=O)[C@@H]13)c1ccccc1. The van der Waals surface area contributed by atoms with Crippen LogP contribution in [0.4, 0.5) is 5.69 Å². The van der Waals surface area contributed by atoms with Gasteiger partial charge in [0.05, 0.1) is 24.0 Å². The number of halogens is 1. The van der Waals surface area contributed by atoms with Gasteiger partial charge in [0.15, 0.2) is 0 Å². The number of allylic oxidation sites excluding steroid dienone is 1. The molecule has 2 bridgehead atoms. The average Bonchev–Trinajstić information content (AvgIpc) is 3.77. The molecule has 3 aromatic rings. The van der Waals surface area contributed by atoms with E-state index in [1.54, 1.807) is 22.0 Å². The van der Waals surface area contributed by atoms with Crippen LogP contribution < -0.4 is 10.2 Å². The number of rotatable bonds is 18. The Bertz CT molecular complexity index is 1820. The van der Waals surface area contributed by atoms with Crippen molar-refractivity contribution in [3.63, 3.8) is 0 Å². The Hall–Kier alpha value is -4.32. The van der Waals surface area contributed by atoms with Gasteiger partial charge in [0.1, 0.15) is 18.2 Å². The fraction of sp³-hybridized carbons (Fsp3) is 0.429. The number of fused-ring (bicyclic) bond motifs is 2. The number of hydrogen-bond acceptors (Lipinski definition) is 7. The first-order chi connectivity index (χ1) is 25.7. The molecule has 10 nitrogen and oxygen atoms in total. The van der Waals surface area contributed by atoms with Crippen LogP contribution in [0.5, 0.6) is 0 Å². The fourth-order valence-corrected chi connectivity index (χ4v) is 9.23. The van der Waals surface area contributed by atoms with E-state index in [-0.39, 0.29) is 42.8 Å². The number of unbranched alkanes of at least 4 members (excludes halogenated alkanes) is 3. The number of nitrogens with one attached hydrogen (secondary N) is 1. The molecular weight excluding hydrogens is 738 g/mol. The number of carbonyl (C=O) groups is 4. The number of carbonyl (C=O) groups excluding carboxylic acids is 4. The third-order valence-electron chi connectivity index (χ3n) is 10.7. The molecule has 3 aliphatic heterocycles. The first-order valence-corrected chi connectivity index (χ1v) is 19.4. The summed E-state index contributed by atoms with van der Waals surface area (Å²) >= 11 is 3.78. The van der Waals surface area contributed by atoms with Gasteiger partial charge in [-0.1, -0.05) is 102 Å². The monoisotopic (exact) mass is 785 g/mol. The topological polar surface area (TPSA) is 125 Å². The second-order valence-electron chi connectivity index (χ2n) is 14.1. The number of aliphatic hydroxyl groups is 1. The maximum atomic E-state index is 15.1. The van der Waals surface area contributed by atoms with Crippen molar-refractivity contribution in [1.29, 1.82) is 0 Å². The lowest BCUT2D eigenvalue weighted by Gasteiger charge is -2.37. The highest BCUT2D eigenvalue weighted by atomic mass is 79.9. The molecule has 2 N–H and O–H groups in total. The van der Waals surface area contributed by atoms with Crippen molar-refractivity contribution in [1.82, 2.24) is 10.2 Å². The number of benzene rings is 3. The average molecular weight is 787 g/mol. The van der Waals surface area contributed by atoms with Crippen molar-refractivity contribution in [2.45, 2.75) is 73.6 Å². The van der Waals surface area contributed by atoms with Crippen LogP contribution in [0, 0.1) is 11.8 Å². The zero-order chi connectivity index (χ0) is 37.5. The first-order valence-electron chi connectivity index (χ1n) is 18.5. The van der Waals surface area contributed by atoms with E-state index in [2.05, 4.69) is 34.4 Å². The zero-order valence-corrected chi connectivity index (χ0v) is 31.5. The second kappa shape index (κ2) is 17.2. The summed E-state index contributed by atoms with van der Waals surface area (Å²) in [5.74, 6) is -3.17. The summed E-state index contributed by atoms with van der Waals surface area (Å²) in [6.45, 7) is 8.12. The standard InChI is InChI=1S/C42H48BrN3O7/c1-3-5-19-34(48)52-27-33(29-16-9-8-10-17-29)44-39(49)35-36-40(50)46(23-13-6-7-14-24-47)38(42(36)26-32(43)37(35)53-42)41(51)45(22-4-2)31-21-20-28-15-11-12-18-30(28)25-31/h3-4,8-12,15-18,20-21,25,32-33,35-38,47H,1-2,5-7,13-14,19,22-24,26-27H2,(H,44,49)/t32?,33-,35+,36-,37+,38+,42-/m1/s1. The van der Waals surface area contributed by atoms with Crippen LogP contribution in [-0.2, 0) is 28.7 Å². The van der Waals surface area contributed by atoms with E-state index < -0.39 is 47.5 Å². The summed E-state index contributed by atoms with van der Waals surface area (Å²) in [4.78, 5) is 59.8. The van der Waals surface area contributed by atoms with E-state index in [0.717, 1.165) is 29.2 Å². The van der Waals surface area contributed by atoms with Gasteiger partial charge in [0.2, 0.25) is 11.8 Å². The molecule has 3 aliphatic rings. The summed E-state index contributed by atoms with van der Waals surface area (Å²) in [5, 5.41) is 14.4. The number of aliphatic hydroxyl groups excluding tert-OH is 1. The van der Waals surface area contributed by atoms with Crippen molar-refractivity contribution in [3.05, 3.63) is 104 Å². The molecule has 0 saturated carbocycles. The molecule has 280 valence electrons. The second-order valence-corrected chi connectivity index (χ2v) is 15.3. The Morgan fingerprint density at radius 1 is 1.02 bits per heavy atom. The number of amides is 3. The Balaban J connectivity index is 1.33. The number of esters is 1. The van der Waals surface area contributed by atoms with Crippen LogP contribution in [-0.4, -0.2) is 82.6 Å². The summed E-state index contributed by atoms with van der Waals surface area (Å²) < 4.78 is 12.4. The first kappa shape index (κ1) is 38.4. The van der Waals surface area contributed by atoms with Crippen LogP contribution in [0.15, 0.2) is 98.1 Å². The van der Waals surface area contributed by atoms with E-state index in [9.17, 15) is 19.5 Å². The van der Waals surface area contributed by atoms with Gasteiger partial charge in [-0.3, -0.25) is 19.2 Å².